The number of allylic oxidation sites excluding steroid dienone is 1. The van der Waals surface area contributed by atoms with Crippen LogP contribution in [0.2, 0.25) is 5.02 Å². The monoisotopic (exact) mass is 379 g/mol. The Morgan fingerprint density at radius 3 is 2.78 bits per heavy atom. The van der Waals surface area contributed by atoms with Crippen molar-refractivity contribution in [3.05, 3.63) is 64.7 Å². The number of nitrogens with zero attached hydrogens (tertiary/aromatic N) is 1. The summed E-state index contributed by atoms with van der Waals surface area (Å²) in [5.41, 5.74) is 4.84. The minimum atomic E-state index is -0.0330. The first-order chi connectivity index (χ1) is 13.2. The Morgan fingerprint density at radius 1 is 1.15 bits per heavy atom. The Morgan fingerprint density at radius 2 is 2.00 bits per heavy atom. The van der Waals surface area contributed by atoms with E-state index in [2.05, 4.69) is 21.4 Å². The van der Waals surface area contributed by atoms with Gasteiger partial charge in [-0.05, 0) is 62.4 Å². The van der Waals surface area contributed by atoms with E-state index < -0.39 is 0 Å². The molecule has 1 heterocycles. The topological polar surface area (TPSA) is 57.8 Å². The number of amides is 1. The number of aromatic nitrogens is 2. The fourth-order valence-electron chi connectivity index (χ4n) is 3.47. The first-order valence-electron chi connectivity index (χ1n) is 9.41. The van der Waals surface area contributed by atoms with Crippen LogP contribution in [0.3, 0.4) is 0 Å². The van der Waals surface area contributed by atoms with E-state index in [-0.39, 0.29) is 5.91 Å². The molecule has 4 nitrogen and oxygen atoms in total. The number of carbonyl (C=O) groups is 1. The third-order valence-electron chi connectivity index (χ3n) is 4.98. The molecule has 2 aromatic carbocycles. The highest BCUT2D eigenvalue weighted by molar-refractivity contribution is 6.31. The second-order valence-electron chi connectivity index (χ2n) is 6.94. The molecule has 1 aliphatic rings. The van der Waals surface area contributed by atoms with Crippen LogP contribution in [0.1, 0.15) is 42.5 Å². The van der Waals surface area contributed by atoms with Crippen LogP contribution < -0.4 is 5.32 Å². The van der Waals surface area contributed by atoms with Gasteiger partial charge in [0.2, 0.25) is 0 Å². The molecule has 138 valence electrons. The molecule has 0 unspecified atom stereocenters. The molecular formula is C22H22ClN3O. The van der Waals surface area contributed by atoms with Crippen LogP contribution in [0.4, 0.5) is 0 Å². The summed E-state index contributed by atoms with van der Waals surface area (Å²) in [6, 6.07) is 13.1. The lowest BCUT2D eigenvalue weighted by molar-refractivity contribution is 0.0954. The number of hydrogen-bond acceptors (Lipinski definition) is 2. The van der Waals surface area contributed by atoms with Gasteiger partial charge in [0.1, 0.15) is 5.82 Å². The van der Waals surface area contributed by atoms with Crippen LogP contribution >= 0.6 is 11.6 Å². The molecule has 3 aromatic rings. The van der Waals surface area contributed by atoms with E-state index in [9.17, 15) is 4.79 Å². The summed E-state index contributed by atoms with van der Waals surface area (Å²) in [5, 5.41) is 3.69. The Balaban J connectivity index is 1.40. The molecule has 4 rings (SSSR count). The van der Waals surface area contributed by atoms with Crippen LogP contribution in [-0.2, 0) is 0 Å². The van der Waals surface area contributed by atoms with Gasteiger partial charge in [0.15, 0.2) is 0 Å². The van der Waals surface area contributed by atoms with E-state index in [1.165, 1.54) is 31.3 Å². The maximum Gasteiger partial charge on any atom is 0.251 e. The Kier molecular flexibility index (Phi) is 5.26. The van der Waals surface area contributed by atoms with Crippen molar-refractivity contribution in [1.29, 1.82) is 0 Å². The van der Waals surface area contributed by atoms with Crippen molar-refractivity contribution in [2.24, 2.45) is 0 Å². The molecule has 0 aliphatic heterocycles. The van der Waals surface area contributed by atoms with Crippen molar-refractivity contribution in [3.8, 4) is 11.4 Å². The number of carbonyl (C=O) groups excluding carboxylic acids is 1. The average Bonchev–Trinajstić information content (AvgIpc) is 3.12. The fraction of sp³-hybridized carbons (Fsp3) is 0.273. The smallest absolute Gasteiger partial charge is 0.251 e. The Bertz CT molecular complexity index is 988. The lowest BCUT2D eigenvalue weighted by Gasteiger charge is -2.13. The van der Waals surface area contributed by atoms with Gasteiger partial charge in [-0.2, -0.15) is 0 Å². The highest BCUT2D eigenvalue weighted by Gasteiger charge is 2.09. The van der Waals surface area contributed by atoms with Crippen LogP contribution in [0, 0.1) is 0 Å². The van der Waals surface area contributed by atoms with Crippen molar-refractivity contribution in [2.75, 3.05) is 6.54 Å². The van der Waals surface area contributed by atoms with Gasteiger partial charge in [0.25, 0.3) is 5.91 Å². The van der Waals surface area contributed by atoms with Gasteiger partial charge in [-0.15, -0.1) is 0 Å². The minimum absolute atomic E-state index is 0.0330. The number of benzene rings is 2. The van der Waals surface area contributed by atoms with E-state index in [0.717, 1.165) is 28.8 Å². The molecule has 2 N–H and O–H groups in total. The maximum absolute atomic E-state index is 12.3. The van der Waals surface area contributed by atoms with Crippen molar-refractivity contribution in [2.45, 2.75) is 32.1 Å². The predicted molar refractivity (Wildman–Crippen MR) is 110 cm³/mol. The number of nitrogens with one attached hydrogen (secondary N) is 2. The maximum atomic E-state index is 12.3. The standard InChI is InChI=1S/C22H22ClN3O/c23-18-10-11-19-20(14-18)26-21(25-19)16-6-8-17(9-7-16)22(27)24-13-12-15-4-2-1-3-5-15/h4,6-11,14H,1-3,5,12-13H2,(H,24,27)(H,25,26). The van der Waals surface area contributed by atoms with Gasteiger partial charge in [-0.25, -0.2) is 4.98 Å². The summed E-state index contributed by atoms with van der Waals surface area (Å²) in [6.45, 7) is 0.691. The van der Waals surface area contributed by atoms with Gasteiger partial charge < -0.3 is 10.3 Å². The lowest BCUT2D eigenvalue weighted by Crippen LogP contribution is -2.24. The summed E-state index contributed by atoms with van der Waals surface area (Å²) in [5.74, 6) is 0.734. The average molecular weight is 380 g/mol. The molecule has 0 atom stereocenters. The highest BCUT2D eigenvalue weighted by Crippen LogP contribution is 2.23. The quantitative estimate of drug-likeness (QED) is 0.575. The number of rotatable bonds is 5. The van der Waals surface area contributed by atoms with Crippen molar-refractivity contribution in [3.63, 3.8) is 0 Å². The summed E-state index contributed by atoms with van der Waals surface area (Å²) >= 11 is 6.03. The predicted octanol–water partition coefficient (Wildman–Crippen LogP) is 5.50. The van der Waals surface area contributed by atoms with E-state index in [1.54, 1.807) is 0 Å². The largest absolute Gasteiger partial charge is 0.352 e. The highest BCUT2D eigenvalue weighted by atomic mass is 35.5. The van der Waals surface area contributed by atoms with Crippen LogP contribution in [-0.4, -0.2) is 22.4 Å². The summed E-state index contributed by atoms with van der Waals surface area (Å²) < 4.78 is 0. The zero-order valence-corrected chi connectivity index (χ0v) is 15.9. The number of hydrogen-bond donors (Lipinski definition) is 2. The van der Waals surface area contributed by atoms with E-state index in [1.807, 2.05) is 42.5 Å². The van der Waals surface area contributed by atoms with Gasteiger partial charge >= 0.3 is 0 Å². The van der Waals surface area contributed by atoms with Gasteiger partial charge in [0, 0.05) is 22.7 Å². The molecule has 0 saturated heterocycles. The van der Waals surface area contributed by atoms with Crippen molar-refractivity contribution >= 4 is 28.5 Å². The summed E-state index contributed by atoms with van der Waals surface area (Å²) in [7, 11) is 0. The van der Waals surface area contributed by atoms with Gasteiger partial charge in [-0.1, -0.05) is 35.4 Å². The molecule has 27 heavy (non-hydrogen) atoms. The number of imidazole rings is 1. The second-order valence-corrected chi connectivity index (χ2v) is 7.37. The first kappa shape index (κ1) is 17.8. The van der Waals surface area contributed by atoms with E-state index >= 15 is 0 Å². The van der Waals surface area contributed by atoms with E-state index in [0.29, 0.717) is 17.1 Å². The summed E-state index contributed by atoms with van der Waals surface area (Å²) in [4.78, 5) is 20.2. The SMILES string of the molecule is O=C(NCCC1=CCCCC1)c1ccc(-c2nc3ccc(Cl)cc3[nH]2)cc1. The number of aromatic amines is 1. The van der Waals surface area contributed by atoms with Crippen molar-refractivity contribution < 1.29 is 4.79 Å². The molecule has 1 aliphatic carbocycles. The molecule has 0 fully saturated rings. The number of halogens is 1. The van der Waals surface area contributed by atoms with Crippen LogP contribution in [0.15, 0.2) is 54.1 Å². The number of fused-ring (bicyclic) bond motifs is 1. The van der Waals surface area contributed by atoms with Gasteiger partial charge in [0.05, 0.1) is 11.0 Å². The van der Waals surface area contributed by atoms with E-state index in [4.69, 9.17) is 11.6 Å². The molecule has 1 aromatic heterocycles. The van der Waals surface area contributed by atoms with Crippen LogP contribution in [0.5, 0.6) is 0 Å². The van der Waals surface area contributed by atoms with Gasteiger partial charge in [-0.3, -0.25) is 4.79 Å². The molecule has 0 radical (unpaired) electrons. The molecule has 0 bridgehead atoms. The summed E-state index contributed by atoms with van der Waals surface area (Å²) in [6.07, 6.45) is 8.19. The second kappa shape index (κ2) is 7.97. The first-order valence-corrected chi connectivity index (χ1v) is 9.79. The molecule has 0 saturated carbocycles. The fourth-order valence-corrected chi connectivity index (χ4v) is 3.64. The normalized spacial score (nSPS) is 14.2. The Labute approximate surface area is 163 Å². The van der Waals surface area contributed by atoms with Crippen molar-refractivity contribution in [1.82, 2.24) is 15.3 Å². The molecule has 1 amide bonds. The number of H-pyrrole nitrogens is 1. The lowest BCUT2D eigenvalue weighted by atomic mass is 9.97. The molecule has 5 heteroatoms. The van der Waals surface area contributed by atoms with Crippen LogP contribution in [0.25, 0.3) is 22.4 Å². The zero-order chi connectivity index (χ0) is 18.6. The third-order valence-corrected chi connectivity index (χ3v) is 5.22. The minimum Gasteiger partial charge on any atom is -0.352 e. The third kappa shape index (κ3) is 4.22. The molecular weight excluding hydrogens is 358 g/mol. The molecule has 0 spiro atoms. The Hall–Kier alpha value is -2.59. The zero-order valence-electron chi connectivity index (χ0n) is 15.1.